The van der Waals surface area contributed by atoms with Crippen LogP contribution in [0, 0.1) is 0 Å². The molecule has 2 saturated heterocycles. The molecule has 5 nitrogen and oxygen atoms in total. The molecule has 1 spiro atoms. The van der Waals surface area contributed by atoms with Crippen molar-refractivity contribution in [3.63, 3.8) is 0 Å². The van der Waals surface area contributed by atoms with Crippen molar-refractivity contribution in [3.8, 4) is 5.88 Å². The third-order valence-electron chi connectivity index (χ3n) is 5.22. The minimum atomic E-state index is -0.210. The van der Waals surface area contributed by atoms with Gasteiger partial charge < -0.3 is 14.6 Å². The summed E-state index contributed by atoms with van der Waals surface area (Å²) < 4.78 is 11.7. The molecule has 2 aliphatic heterocycles. The van der Waals surface area contributed by atoms with Gasteiger partial charge >= 0.3 is 0 Å². The number of rotatable bonds is 4. The first kappa shape index (κ1) is 16.7. The highest BCUT2D eigenvalue weighted by Crippen LogP contribution is 2.38. The number of aliphatic hydroxyl groups excluding tert-OH is 1. The van der Waals surface area contributed by atoms with Gasteiger partial charge in [-0.25, -0.2) is 4.98 Å². The molecule has 2 fully saturated rings. The molecule has 3 rings (SSSR count). The molecule has 0 aromatic carbocycles. The summed E-state index contributed by atoms with van der Waals surface area (Å²) in [5.74, 6) is 0.711. The Morgan fingerprint density at radius 3 is 2.91 bits per heavy atom. The lowest BCUT2D eigenvalue weighted by Crippen LogP contribution is -2.52. The van der Waals surface area contributed by atoms with E-state index in [-0.39, 0.29) is 17.8 Å². The van der Waals surface area contributed by atoms with Gasteiger partial charge in [0, 0.05) is 37.8 Å². The van der Waals surface area contributed by atoms with E-state index in [1.165, 1.54) is 0 Å². The van der Waals surface area contributed by atoms with Gasteiger partial charge in [-0.3, -0.25) is 4.90 Å². The number of hydrogen-bond donors (Lipinski definition) is 1. The number of ether oxygens (including phenoxy) is 2. The van der Waals surface area contributed by atoms with Gasteiger partial charge in [0.15, 0.2) is 0 Å². The Labute approximate surface area is 138 Å². The highest BCUT2D eigenvalue weighted by atomic mass is 16.5. The average molecular weight is 320 g/mol. The van der Waals surface area contributed by atoms with Gasteiger partial charge in [0.1, 0.15) is 0 Å². The second kappa shape index (κ2) is 7.16. The smallest absolute Gasteiger partial charge is 0.217 e. The standard InChI is InChI=1S/C18H28N2O3/c1-3-16-11-15(21)12-18(23-16)6-9-20(10-7-18)13-14-5-4-8-19-17(14)22-2/h4-5,8,15-16,21H,3,6-7,9-13H2,1-2H3/t15-,16+/m1/s1. The molecule has 2 aliphatic rings. The van der Waals surface area contributed by atoms with Gasteiger partial charge in [0.05, 0.1) is 24.9 Å². The van der Waals surface area contributed by atoms with Crippen LogP contribution in [0.3, 0.4) is 0 Å². The van der Waals surface area contributed by atoms with Crippen molar-refractivity contribution >= 4 is 0 Å². The molecule has 0 aliphatic carbocycles. The molecule has 1 N–H and O–H groups in total. The van der Waals surface area contributed by atoms with Crippen LogP contribution in [0.4, 0.5) is 0 Å². The first-order valence-corrected chi connectivity index (χ1v) is 8.70. The van der Waals surface area contributed by atoms with Crippen molar-refractivity contribution in [2.24, 2.45) is 0 Å². The fraction of sp³-hybridized carbons (Fsp3) is 0.722. The van der Waals surface area contributed by atoms with E-state index < -0.39 is 0 Å². The lowest BCUT2D eigenvalue weighted by Gasteiger charge is -2.48. The summed E-state index contributed by atoms with van der Waals surface area (Å²) >= 11 is 0. The Morgan fingerprint density at radius 1 is 1.43 bits per heavy atom. The minimum Gasteiger partial charge on any atom is -0.481 e. The van der Waals surface area contributed by atoms with E-state index in [4.69, 9.17) is 9.47 Å². The van der Waals surface area contributed by atoms with Crippen LogP contribution in [-0.2, 0) is 11.3 Å². The summed E-state index contributed by atoms with van der Waals surface area (Å²) in [5, 5.41) is 10.2. The van der Waals surface area contributed by atoms with Gasteiger partial charge in [0.2, 0.25) is 5.88 Å². The van der Waals surface area contributed by atoms with Crippen LogP contribution >= 0.6 is 0 Å². The molecule has 5 heteroatoms. The van der Waals surface area contributed by atoms with Crippen molar-refractivity contribution in [1.82, 2.24) is 9.88 Å². The zero-order valence-corrected chi connectivity index (χ0v) is 14.2. The van der Waals surface area contributed by atoms with Crippen LogP contribution in [0.25, 0.3) is 0 Å². The SMILES string of the molecule is CC[C@H]1C[C@@H](O)CC2(CCN(Cc3cccnc3OC)CC2)O1. The van der Waals surface area contributed by atoms with Gasteiger partial charge in [-0.05, 0) is 31.7 Å². The van der Waals surface area contributed by atoms with Gasteiger partial charge in [-0.1, -0.05) is 13.0 Å². The van der Waals surface area contributed by atoms with E-state index in [2.05, 4.69) is 22.9 Å². The number of pyridine rings is 1. The maximum Gasteiger partial charge on any atom is 0.217 e. The van der Waals surface area contributed by atoms with Crippen LogP contribution in [0.1, 0.15) is 44.6 Å². The number of nitrogens with zero attached hydrogens (tertiary/aromatic N) is 2. The second-order valence-electron chi connectivity index (χ2n) is 6.87. The van der Waals surface area contributed by atoms with Crippen molar-refractivity contribution in [2.45, 2.75) is 63.4 Å². The van der Waals surface area contributed by atoms with Crippen molar-refractivity contribution in [1.29, 1.82) is 0 Å². The van der Waals surface area contributed by atoms with Crippen molar-refractivity contribution in [3.05, 3.63) is 23.9 Å². The summed E-state index contributed by atoms with van der Waals surface area (Å²) in [4.78, 5) is 6.70. The lowest BCUT2D eigenvalue weighted by atomic mass is 9.81. The predicted molar refractivity (Wildman–Crippen MR) is 88.4 cm³/mol. The summed E-state index contributed by atoms with van der Waals surface area (Å²) in [6.45, 7) is 4.97. The third kappa shape index (κ3) is 3.84. The fourth-order valence-corrected chi connectivity index (χ4v) is 3.93. The molecule has 23 heavy (non-hydrogen) atoms. The van der Waals surface area contributed by atoms with E-state index in [1.807, 2.05) is 6.07 Å². The van der Waals surface area contributed by atoms with Gasteiger partial charge in [0.25, 0.3) is 0 Å². The van der Waals surface area contributed by atoms with E-state index in [0.717, 1.165) is 57.3 Å². The van der Waals surface area contributed by atoms with E-state index >= 15 is 0 Å². The Bertz CT molecular complexity index is 515. The fourth-order valence-electron chi connectivity index (χ4n) is 3.93. The summed E-state index contributed by atoms with van der Waals surface area (Å²) in [7, 11) is 1.67. The monoisotopic (exact) mass is 320 g/mol. The predicted octanol–water partition coefficient (Wildman–Crippen LogP) is 2.37. The molecule has 1 aromatic rings. The Hall–Kier alpha value is -1.17. The van der Waals surface area contributed by atoms with Crippen LogP contribution in [0.5, 0.6) is 5.88 Å². The molecule has 3 heterocycles. The zero-order valence-electron chi connectivity index (χ0n) is 14.2. The molecular weight excluding hydrogens is 292 g/mol. The molecule has 128 valence electrons. The highest BCUT2D eigenvalue weighted by Gasteiger charge is 2.42. The Morgan fingerprint density at radius 2 is 2.22 bits per heavy atom. The maximum absolute atomic E-state index is 10.2. The molecule has 0 radical (unpaired) electrons. The molecular formula is C18H28N2O3. The number of methoxy groups -OCH3 is 1. The lowest BCUT2D eigenvalue weighted by molar-refractivity contribution is -0.182. The first-order valence-electron chi connectivity index (χ1n) is 8.70. The number of aromatic nitrogens is 1. The normalized spacial score (nSPS) is 28.0. The number of aliphatic hydroxyl groups is 1. The van der Waals surface area contributed by atoms with Crippen molar-refractivity contribution in [2.75, 3.05) is 20.2 Å². The summed E-state index contributed by atoms with van der Waals surface area (Å²) in [6.07, 6.45) is 6.29. The topological polar surface area (TPSA) is 54.8 Å². The quantitative estimate of drug-likeness (QED) is 0.923. The zero-order chi connectivity index (χ0) is 16.3. The average Bonchev–Trinajstić information content (AvgIpc) is 2.57. The van der Waals surface area contributed by atoms with Crippen LogP contribution < -0.4 is 4.74 Å². The molecule has 0 unspecified atom stereocenters. The summed E-state index contributed by atoms with van der Waals surface area (Å²) in [5.41, 5.74) is 1.01. The molecule has 0 bridgehead atoms. The van der Waals surface area contributed by atoms with E-state index in [1.54, 1.807) is 13.3 Å². The third-order valence-corrected chi connectivity index (χ3v) is 5.22. The minimum absolute atomic E-state index is 0.117. The maximum atomic E-state index is 10.2. The number of hydrogen-bond acceptors (Lipinski definition) is 5. The van der Waals surface area contributed by atoms with Crippen LogP contribution in [0.15, 0.2) is 18.3 Å². The molecule has 0 amide bonds. The molecule has 1 aromatic heterocycles. The Kier molecular flexibility index (Phi) is 5.19. The van der Waals surface area contributed by atoms with Gasteiger partial charge in [-0.15, -0.1) is 0 Å². The number of likely N-dealkylation sites (tertiary alicyclic amines) is 1. The van der Waals surface area contributed by atoms with Crippen molar-refractivity contribution < 1.29 is 14.6 Å². The van der Waals surface area contributed by atoms with Crippen LogP contribution in [-0.4, -0.2) is 53.0 Å². The largest absolute Gasteiger partial charge is 0.481 e. The Balaban J connectivity index is 1.60. The van der Waals surface area contributed by atoms with Gasteiger partial charge in [-0.2, -0.15) is 0 Å². The van der Waals surface area contributed by atoms with E-state index in [0.29, 0.717) is 5.88 Å². The van der Waals surface area contributed by atoms with E-state index in [9.17, 15) is 5.11 Å². The second-order valence-corrected chi connectivity index (χ2v) is 6.87. The first-order chi connectivity index (χ1) is 11.1. The number of piperidine rings is 1. The van der Waals surface area contributed by atoms with Crippen LogP contribution in [0.2, 0.25) is 0 Å². The highest BCUT2D eigenvalue weighted by molar-refractivity contribution is 5.25. The molecule has 2 atom stereocenters. The molecule has 0 saturated carbocycles. The summed E-state index contributed by atoms with van der Waals surface area (Å²) in [6, 6.07) is 4.03.